The Labute approximate surface area is 118 Å². The number of anilines is 2. The van der Waals surface area contributed by atoms with E-state index >= 15 is 0 Å². The molecule has 0 heterocycles. The van der Waals surface area contributed by atoms with Gasteiger partial charge in [0.05, 0.1) is 5.69 Å². The lowest BCUT2D eigenvalue weighted by Crippen LogP contribution is -2.13. The van der Waals surface area contributed by atoms with E-state index in [2.05, 4.69) is 21.2 Å². The minimum absolute atomic E-state index is 0.141. The zero-order valence-electron chi connectivity index (χ0n) is 10.2. The molecule has 0 fully saturated rings. The van der Waals surface area contributed by atoms with E-state index in [4.69, 9.17) is 5.73 Å². The molecule has 0 unspecified atom stereocenters. The number of hydrogen-bond acceptors (Lipinski definition) is 2. The molecule has 0 atom stereocenters. The third kappa shape index (κ3) is 3.12. The number of amides is 1. The molecule has 3 nitrogen and oxygen atoms in total. The average Bonchev–Trinajstić information content (AvgIpc) is 2.36. The minimum atomic E-state index is -0.491. The van der Waals surface area contributed by atoms with Crippen molar-refractivity contribution in [1.29, 1.82) is 0 Å². The molecule has 2 aromatic carbocycles. The van der Waals surface area contributed by atoms with Crippen LogP contribution in [0.25, 0.3) is 0 Å². The van der Waals surface area contributed by atoms with Gasteiger partial charge in [0.15, 0.2) is 0 Å². The van der Waals surface area contributed by atoms with E-state index in [1.807, 2.05) is 6.92 Å². The molecule has 0 aliphatic rings. The van der Waals surface area contributed by atoms with Gasteiger partial charge in [0.2, 0.25) is 0 Å². The third-order valence-corrected chi connectivity index (χ3v) is 3.20. The topological polar surface area (TPSA) is 55.1 Å². The normalized spacial score (nSPS) is 10.3. The summed E-state index contributed by atoms with van der Waals surface area (Å²) in [5, 5.41) is 2.52. The second-order valence-electron chi connectivity index (χ2n) is 4.15. The van der Waals surface area contributed by atoms with E-state index in [0.717, 1.165) is 5.56 Å². The van der Waals surface area contributed by atoms with Crippen molar-refractivity contribution in [2.75, 3.05) is 11.1 Å². The number of halogens is 2. The van der Waals surface area contributed by atoms with Gasteiger partial charge < -0.3 is 11.1 Å². The maximum Gasteiger partial charge on any atom is 0.255 e. The Morgan fingerprint density at radius 2 is 2.00 bits per heavy atom. The first-order valence-corrected chi connectivity index (χ1v) is 6.39. The number of hydrogen-bond donors (Lipinski definition) is 2. The van der Waals surface area contributed by atoms with Gasteiger partial charge >= 0.3 is 0 Å². The van der Waals surface area contributed by atoms with Gasteiger partial charge in [-0.2, -0.15) is 0 Å². The van der Waals surface area contributed by atoms with Crippen LogP contribution in [0.2, 0.25) is 0 Å². The highest BCUT2D eigenvalue weighted by molar-refractivity contribution is 9.10. The van der Waals surface area contributed by atoms with Gasteiger partial charge in [0.25, 0.3) is 5.91 Å². The average molecular weight is 323 g/mol. The summed E-state index contributed by atoms with van der Waals surface area (Å²) in [6.45, 7) is 1.81. The monoisotopic (exact) mass is 322 g/mol. The van der Waals surface area contributed by atoms with Gasteiger partial charge in [-0.3, -0.25) is 4.79 Å². The fraction of sp³-hybridized carbons (Fsp3) is 0.0714. The predicted octanol–water partition coefficient (Wildman–Crippen LogP) is 3.73. The van der Waals surface area contributed by atoms with Crippen LogP contribution in [-0.4, -0.2) is 5.91 Å². The first-order chi connectivity index (χ1) is 8.97. The second kappa shape index (κ2) is 5.40. The third-order valence-electron chi connectivity index (χ3n) is 2.71. The summed E-state index contributed by atoms with van der Waals surface area (Å²) in [5.74, 6) is -0.862. The van der Waals surface area contributed by atoms with Crippen LogP contribution in [0.4, 0.5) is 15.8 Å². The van der Waals surface area contributed by atoms with Crippen molar-refractivity contribution in [1.82, 2.24) is 0 Å². The van der Waals surface area contributed by atoms with Crippen molar-refractivity contribution in [2.24, 2.45) is 0 Å². The van der Waals surface area contributed by atoms with Crippen molar-refractivity contribution in [3.05, 3.63) is 57.8 Å². The Morgan fingerprint density at radius 1 is 1.26 bits per heavy atom. The number of benzene rings is 2. The molecule has 0 radical (unpaired) electrons. The molecule has 0 aromatic heterocycles. The highest BCUT2D eigenvalue weighted by Crippen LogP contribution is 2.20. The van der Waals surface area contributed by atoms with Crippen molar-refractivity contribution in [3.8, 4) is 0 Å². The smallest absolute Gasteiger partial charge is 0.255 e. The van der Waals surface area contributed by atoms with E-state index in [-0.39, 0.29) is 11.6 Å². The molecule has 3 N–H and O–H groups in total. The molecule has 0 spiro atoms. The Hall–Kier alpha value is -1.88. The van der Waals surface area contributed by atoms with Crippen LogP contribution < -0.4 is 11.1 Å². The molecule has 0 aliphatic carbocycles. The molecular formula is C14H12BrFN2O. The number of rotatable bonds is 2. The lowest BCUT2D eigenvalue weighted by atomic mass is 10.1. The molecular weight excluding hydrogens is 311 g/mol. The van der Waals surface area contributed by atoms with Crippen LogP contribution in [0.5, 0.6) is 0 Å². The summed E-state index contributed by atoms with van der Waals surface area (Å²) in [5.41, 5.74) is 7.69. The number of aryl methyl sites for hydroxylation is 1. The Kier molecular flexibility index (Phi) is 3.85. The standard InChI is InChI=1S/C14H12BrFN2O/c1-8-6-9(2-4-12(8)17)14(19)18-13-5-3-10(15)7-11(13)16/h2-7H,17H2,1H3,(H,18,19). The van der Waals surface area contributed by atoms with Gasteiger partial charge in [-0.1, -0.05) is 15.9 Å². The molecule has 0 saturated heterocycles. The molecule has 0 bridgehead atoms. The van der Waals surface area contributed by atoms with Gasteiger partial charge in [0.1, 0.15) is 5.82 Å². The Bertz CT molecular complexity index is 643. The van der Waals surface area contributed by atoms with E-state index in [1.165, 1.54) is 12.1 Å². The first-order valence-electron chi connectivity index (χ1n) is 5.60. The summed E-state index contributed by atoms with van der Waals surface area (Å²) < 4.78 is 14.2. The highest BCUT2D eigenvalue weighted by atomic mass is 79.9. The summed E-state index contributed by atoms with van der Waals surface area (Å²) in [6.07, 6.45) is 0. The molecule has 19 heavy (non-hydrogen) atoms. The number of nitrogens with one attached hydrogen (secondary N) is 1. The van der Waals surface area contributed by atoms with Crippen LogP contribution in [0.15, 0.2) is 40.9 Å². The molecule has 2 rings (SSSR count). The van der Waals surface area contributed by atoms with Crippen LogP contribution in [0, 0.1) is 12.7 Å². The largest absolute Gasteiger partial charge is 0.399 e. The van der Waals surface area contributed by atoms with Crippen molar-refractivity contribution >= 4 is 33.2 Å². The Morgan fingerprint density at radius 3 is 2.63 bits per heavy atom. The van der Waals surface area contributed by atoms with E-state index < -0.39 is 5.82 Å². The molecule has 5 heteroatoms. The van der Waals surface area contributed by atoms with Gasteiger partial charge in [-0.05, 0) is 48.9 Å². The highest BCUT2D eigenvalue weighted by Gasteiger charge is 2.10. The van der Waals surface area contributed by atoms with Crippen molar-refractivity contribution in [2.45, 2.75) is 6.92 Å². The number of carbonyl (C=O) groups excluding carboxylic acids is 1. The van der Waals surface area contributed by atoms with Gasteiger partial charge in [-0.15, -0.1) is 0 Å². The zero-order chi connectivity index (χ0) is 14.0. The summed E-state index contributed by atoms with van der Waals surface area (Å²) in [4.78, 5) is 12.0. The second-order valence-corrected chi connectivity index (χ2v) is 5.07. The van der Waals surface area contributed by atoms with Gasteiger partial charge in [0, 0.05) is 15.7 Å². The van der Waals surface area contributed by atoms with Crippen molar-refractivity contribution in [3.63, 3.8) is 0 Å². The first kappa shape index (κ1) is 13.5. The van der Waals surface area contributed by atoms with Crippen molar-refractivity contribution < 1.29 is 9.18 Å². The van der Waals surface area contributed by atoms with Crippen LogP contribution in [0.3, 0.4) is 0 Å². The number of nitrogens with two attached hydrogens (primary N) is 1. The lowest BCUT2D eigenvalue weighted by molar-refractivity contribution is 0.102. The van der Waals surface area contributed by atoms with E-state index in [0.29, 0.717) is 15.7 Å². The SMILES string of the molecule is Cc1cc(C(=O)Nc2ccc(Br)cc2F)ccc1N. The molecule has 2 aromatic rings. The fourth-order valence-corrected chi connectivity index (χ4v) is 1.94. The number of carbonyl (C=O) groups is 1. The summed E-state index contributed by atoms with van der Waals surface area (Å²) in [7, 11) is 0. The van der Waals surface area contributed by atoms with Crippen LogP contribution in [-0.2, 0) is 0 Å². The van der Waals surface area contributed by atoms with E-state index in [9.17, 15) is 9.18 Å². The summed E-state index contributed by atoms with van der Waals surface area (Å²) in [6, 6.07) is 9.39. The minimum Gasteiger partial charge on any atom is -0.399 e. The Balaban J connectivity index is 2.23. The number of nitrogen functional groups attached to an aromatic ring is 1. The summed E-state index contributed by atoms with van der Waals surface area (Å²) >= 11 is 3.16. The molecule has 0 saturated carbocycles. The maximum absolute atomic E-state index is 13.6. The van der Waals surface area contributed by atoms with Gasteiger partial charge in [-0.25, -0.2) is 4.39 Å². The molecule has 1 amide bonds. The van der Waals surface area contributed by atoms with Crippen LogP contribution in [0.1, 0.15) is 15.9 Å². The van der Waals surface area contributed by atoms with Crippen LogP contribution >= 0.6 is 15.9 Å². The quantitative estimate of drug-likeness (QED) is 0.828. The lowest BCUT2D eigenvalue weighted by Gasteiger charge is -2.08. The predicted molar refractivity (Wildman–Crippen MR) is 77.6 cm³/mol. The molecule has 0 aliphatic heterocycles. The fourth-order valence-electron chi connectivity index (χ4n) is 1.60. The maximum atomic E-state index is 13.6. The molecule has 98 valence electrons. The van der Waals surface area contributed by atoms with E-state index in [1.54, 1.807) is 24.3 Å². The zero-order valence-corrected chi connectivity index (χ0v) is 11.8.